The van der Waals surface area contributed by atoms with E-state index in [0.717, 1.165) is 32.4 Å². The van der Waals surface area contributed by atoms with Gasteiger partial charge in [-0.25, -0.2) is 0 Å². The van der Waals surface area contributed by atoms with E-state index in [9.17, 15) is 4.79 Å². The van der Waals surface area contributed by atoms with Crippen LogP contribution < -0.4 is 0 Å². The van der Waals surface area contributed by atoms with Gasteiger partial charge in [-0.05, 0) is 44.9 Å². The molecule has 1 aliphatic heterocycles. The van der Waals surface area contributed by atoms with Crippen LogP contribution in [-0.4, -0.2) is 23.9 Å². The third-order valence-corrected chi connectivity index (χ3v) is 4.78. The maximum Gasteiger partial charge on any atom is 0.222 e. The number of carbonyl (C=O) groups is 1. The number of likely N-dealkylation sites (tertiary alicyclic amines) is 1. The number of unbranched alkanes of at least 4 members (excludes halogenated alkanes) is 8. The summed E-state index contributed by atoms with van der Waals surface area (Å²) >= 11 is 0. The van der Waals surface area contributed by atoms with E-state index < -0.39 is 0 Å². The van der Waals surface area contributed by atoms with Gasteiger partial charge < -0.3 is 4.90 Å². The molecule has 0 aliphatic carbocycles. The second kappa shape index (κ2) is 15.5. The van der Waals surface area contributed by atoms with E-state index in [2.05, 4.69) is 31.2 Å². The summed E-state index contributed by atoms with van der Waals surface area (Å²) in [5.74, 6) is 0.392. The summed E-state index contributed by atoms with van der Waals surface area (Å²) < 4.78 is 0. The van der Waals surface area contributed by atoms with Gasteiger partial charge in [0.25, 0.3) is 0 Å². The van der Waals surface area contributed by atoms with E-state index in [0.29, 0.717) is 5.91 Å². The second-order valence-corrected chi connectivity index (χ2v) is 7.07. The smallest absolute Gasteiger partial charge is 0.222 e. The maximum absolute atomic E-state index is 11.9. The minimum atomic E-state index is 0.392. The summed E-state index contributed by atoms with van der Waals surface area (Å²) in [6, 6.07) is 0. The van der Waals surface area contributed by atoms with E-state index in [1.165, 1.54) is 70.6 Å². The van der Waals surface area contributed by atoms with E-state index in [-0.39, 0.29) is 0 Å². The number of rotatable bonds is 14. The van der Waals surface area contributed by atoms with Crippen LogP contribution in [0.1, 0.15) is 96.8 Å². The molecular weight excluding hydrogens is 294 g/mol. The molecule has 1 saturated heterocycles. The number of hydrogen-bond donors (Lipinski definition) is 0. The highest BCUT2D eigenvalue weighted by Gasteiger charge is 2.16. The average molecular weight is 334 g/mol. The van der Waals surface area contributed by atoms with Crippen LogP contribution in [0.15, 0.2) is 24.3 Å². The number of amides is 1. The lowest BCUT2D eigenvalue weighted by atomic mass is 10.1. The van der Waals surface area contributed by atoms with Gasteiger partial charge in [-0.2, -0.15) is 0 Å². The lowest BCUT2D eigenvalue weighted by Gasteiger charge is -2.14. The number of carbonyl (C=O) groups excluding carboxylic acids is 1. The first kappa shape index (κ1) is 21.0. The van der Waals surface area contributed by atoms with Crippen LogP contribution in [0.4, 0.5) is 0 Å². The fourth-order valence-electron chi connectivity index (χ4n) is 3.22. The topological polar surface area (TPSA) is 20.3 Å². The molecule has 0 N–H and O–H groups in total. The van der Waals surface area contributed by atoms with Crippen LogP contribution in [0.3, 0.4) is 0 Å². The summed E-state index contributed by atoms with van der Waals surface area (Å²) in [7, 11) is 0. The van der Waals surface area contributed by atoms with Crippen molar-refractivity contribution in [2.75, 3.05) is 13.1 Å². The predicted octanol–water partition coefficient (Wildman–Crippen LogP) is 6.42. The Balaban J connectivity index is 1.78. The summed E-state index contributed by atoms with van der Waals surface area (Å²) in [4.78, 5) is 13.9. The SMILES string of the molecule is CCCC=CCC=CCCCCCCCCCC(=O)N1CCCC1. The van der Waals surface area contributed by atoms with Crippen molar-refractivity contribution in [2.45, 2.75) is 96.8 Å². The minimum absolute atomic E-state index is 0.392. The van der Waals surface area contributed by atoms with Gasteiger partial charge in [0, 0.05) is 19.5 Å². The van der Waals surface area contributed by atoms with Crippen molar-refractivity contribution >= 4 is 5.91 Å². The third kappa shape index (κ3) is 11.5. The van der Waals surface area contributed by atoms with Gasteiger partial charge in [-0.3, -0.25) is 4.79 Å². The molecule has 2 nitrogen and oxygen atoms in total. The maximum atomic E-state index is 11.9. The fraction of sp³-hybridized carbons (Fsp3) is 0.773. The quantitative estimate of drug-likeness (QED) is 0.265. The van der Waals surface area contributed by atoms with E-state index in [1.807, 2.05) is 4.90 Å². The predicted molar refractivity (Wildman–Crippen MR) is 105 cm³/mol. The number of nitrogens with zero attached hydrogens (tertiary/aromatic N) is 1. The van der Waals surface area contributed by atoms with Crippen molar-refractivity contribution in [3.05, 3.63) is 24.3 Å². The molecule has 1 fully saturated rings. The van der Waals surface area contributed by atoms with Crippen LogP contribution >= 0.6 is 0 Å². The standard InChI is InChI=1S/C22H39NO/c1-2-3-4-5-6-7-8-9-10-11-12-13-14-15-16-19-22(24)23-20-17-18-21-23/h4-5,7-8H,2-3,6,9-21H2,1H3. The van der Waals surface area contributed by atoms with Crippen molar-refractivity contribution in [1.29, 1.82) is 0 Å². The lowest BCUT2D eigenvalue weighted by Crippen LogP contribution is -2.27. The van der Waals surface area contributed by atoms with Crippen molar-refractivity contribution in [3.63, 3.8) is 0 Å². The first-order valence-electron chi connectivity index (χ1n) is 10.4. The molecule has 138 valence electrons. The van der Waals surface area contributed by atoms with Crippen LogP contribution in [0.2, 0.25) is 0 Å². The molecule has 0 radical (unpaired) electrons. The van der Waals surface area contributed by atoms with Crippen molar-refractivity contribution in [2.24, 2.45) is 0 Å². The highest BCUT2D eigenvalue weighted by molar-refractivity contribution is 5.76. The summed E-state index contributed by atoms with van der Waals surface area (Å²) in [6.07, 6.45) is 26.1. The van der Waals surface area contributed by atoms with Gasteiger partial charge in [-0.1, -0.05) is 69.8 Å². The molecule has 0 aromatic heterocycles. The normalized spacial score (nSPS) is 15.1. The van der Waals surface area contributed by atoms with Crippen LogP contribution in [-0.2, 0) is 4.79 Å². The molecule has 0 aromatic rings. The Morgan fingerprint density at radius 3 is 2.04 bits per heavy atom. The average Bonchev–Trinajstić information content (AvgIpc) is 3.13. The van der Waals surface area contributed by atoms with Gasteiger partial charge in [0.05, 0.1) is 0 Å². The monoisotopic (exact) mass is 333 g/mol. The fourth-order valence-corrected chi connectivity index (χ4v) is 3.22. The number of allylic oxidation sites excluding steroid dienone is 4. The Morgan fingerprint density at radius 1 is 0.792 bits per heavy atom. The molecule has 2 heteroatoms. The largest absolute Gasteiger partial charge is 0.343 e. The summed E-state index contributed by atoms with van der Waals surface area (Å²) in [5, 5.41) is 0. The van der Waals surface area contributed by atoms with E-state index in [1.54, 1.807) is 0 Å². The zero-order valence-corrected chi connectivity index (χ0v) is 16.0. The summed E-state index contributed by atoms with van der Waals surface area (Å²) in [6.45, 7) is 4.22. The molecular formula is C22H39NO. The second-order valence-electron chi connectivity index (χ2n) is 7.07. The zero-order valence-electron chi connectivity index (χ0n) is 16.0. The van der Waals surface area contributed by atoms with Gasteiger partial charge in [0.2, 0.25) is 5.91 Å². The molecule has 0 aromatic carbocycles. The third-order valence-electron chi connectivity index (χ3n) is 4.78. The summed E-state index contributed by atoms with van der Waals surface area (Å²) in [5.41, 5.74) is 0. The van der Waals surface area contributed by atoms with Gasteiger partial charge in [-0.15, -0.1) is 0 Å². The van der Waals surface area contributed by atoms with Gasteiger partial charge >= 0.3 is 0 Å². The first-order chi connectivity index (χ1) is 11.8. The molecule has 1 heterocycles. The Bertz CT molecular complexity index is 353. The lowest BCUT2D eigenvalue weighted by molar-refractivity contribution is -0.130. The minimum Gasteiger partial charge on any atom is -0.343 e. The molecule has 1 aliphatic rings. The highest BCUT2D eigenvalue weighted by Crippen LogP contribution is 2.13. The zero-order chi connectivity index (χ0) is 17.3. The molecule has 0 atom stereocenters. The molecule has 1 amide bonds. The molecule has 0 saturated carbocycles. The van der Waals surface area contributed by atoms with Gasteiger partial charge in [0.1, 0.15) is 0 Å². The van der Waals surface area contributed by atoms with Crippen molar-refractivity contribution in [1.82, 2.24) is 4.90 Å². The molecule has 1 rings (SSSR count). The Kier molecular flexibility index (Phi) is 13.5. The molecule has 0 spiro atoms. The van der Waals surface area contributed by atoms with Crippen LogP contribution in [0, 0.1) is 0 Å². The molecule has 0 unspecified atom stereocenters. The Morgan fingerprint density at radius 2 is 1.38 bits per heavy atom. The highest BCUT2D eigenvalue weighted by atomic mass is 16.2. The number of hydrogen-bond acceptors (Lipinski definition) is 1. The molecule has 0 bridgehead atoms. The van der Waals surface area contributed by atoms with Crippen molar-refractivity contribution in [3.8, 4) is 0 Å². The molecule has 24 heavy (non-hydrogen) atoms. The van der Waals surface area contributed by atoms with E-state index >= 15 is 0 Å². The first-order valence-corrected chi connectivity index (χ1v) is 10.4. The van der Waals surface area contributed by atoms with Gasteiger partial charge in [0.15, 0.2) is 0 Å². The van der Waals surface area contributed by atoms with Crippen LogP contribution in [0.5, 0.6) is 0 Å². The van der Waals surface area contributed by atoms with Crippen LogP contribution in [0.25, 0.3) is 0 Å². The Hall–Kier alpha value is -1.05. The van der Waals surface area contributed by atoms with Crippen molar-refractivity contribution < 1.29 is 4.79 Å². The van der Waals surface area contributed by atoms with E-state index in [4.69, 9.17) is 0 Å². The Labute approximate surface area is 150 Å².